The minimum atomic E-state index is 0.109. The first-order valence-electron chi connectivity index (χ1n) is 7.82. The number of hydrogen-bond donors (Lipinski definition) is 0. The zero-order chi connectivity index (χ0) is 15.8. The van der Waals surface area contributed by atoms with Crippen molar-refractivity contribution in [1.82, 2.24) is 10.1 Å². The molecule has 23 heavy (non-hydrogen) atoms. The van der Waals surface area contributed by atoms with Gasteiger partial charge in [-0.3, -0.25) is 9.53 Å². The van der Waals surface area contributed by atoms with E-state index in [1.807, 2.05) is 31.2 Å². The van der Waals surface area contributed by atoms with Crippen LogP contribution in [-0.2, 0) is 16.0 Å². The monoisotopic (exact) mass is 317 g/mol. The fourth-order valence-corrected chi connectivity index (χ4v) is 3.24. The highest BCUT2D eigenvalue weighted by atomic mass is 16.8. The molecule has 1 aromatic heterocycles. The Bertz CT molecular complexity index is 671. The van der Waals surface area contributed by atoms with Crippen LogP contribution in [0, 0.1) is 12.1 Å². The van der Waals surface area contributed by atoms with E-state index in [9.17, 15) is 5.21 Å². The number of ether oxygens (including phenoxy) is 2. The Labute approximate surface area is 133 Å². The summed E-state index contributed by atoms with van der Waals surface area (Å²) in [6.07, 6.45) is 0.218. The van der Waals surface area contributed by atoms with Crippen LogP contribution in [0.4, 0.5) is 0 Å². The SMILES string of the molecule is Cc1ccc(-c2c(CN3C[C@@H]4OCCO[C@@H]4C3)no[n+]2[O-])cc1. The minimum Gasteiger partial charge on any atom is -0.372 e. The summed E-state index contributed by atoms with van der Waals surface area (Å²) in [6, 6.07) is 7.77. The molecule has 0 unspecified atom stereocenters. The summed E-state index contributed by atoms with van der Waals surface area (Å²) < 4.78 is 16.3. The molecule has 0 radical (unpaired) electrons. The highest BCUT2D eigenvalue weighted by Crippen LogP contribution is 2.25. The van der Waals surface area contributed by atoms with E-state index in [1.54, 1.807) is 0 Å². The summed E-state index contributed by atoms with van der Waals surface area (Å²) in [4.78, 5) is 2.67. The summed E-state index contributed by atoms with van der Waals surface area (Å²) in [7, 11) is 0. The summed E-state index contributed by atoms with van der Waals surface area (Å²) in [5.74, 6) is 0. The molecule has 122 valence electrons. The highest BCUT2D eigenvalue weighted by Gasteiger charge is 2.38. The van der Waals surface area contributed by atoms with Gasteiger partial charge in [0.2, 0.25) is 11.4 Å². The number of nitrogens with zero attached hydrogens (tertiary/aromatic N) is 3. The van der Waals surface area contributed by atoms with Crippen LogP contribution >= 0.6 is 0 Å². The first kappa shape index (κ1) is 14.6. The van der Waals surface area contributed by atoms with Crippen molar-refractivity contribution < 1.29 is 19.0 Å². The van der Waals surface area contributed by atoms with Crippen LogP contribution in [0.25, 0.3) is 11.3 Å². The number of rotatable bonds is 3. The summed E-state index contributed by atoms with van der Waals surface area (Å²) >= 11 is 0. The zero-order valence-corrected chi connectivity index (χ0v) is 13.0. The van der Waals surface area contributed by atoms with Crippen LogP contribution in [0.5, 0.6) is 0 Å². The Morgan fingerprint density at radius 2 is 1.83 bits per heavy atom. The van der Waals surface area contributed by atoms with Crippen molar-refractivity contribution in [2.45, 2.75) is 25.7 Å². The quantitative estimate of drug-likeness (QED) is 0.783. The lowest BCUT2D eigenvalue weighted by Gasteiger charge is -2.24. The molecule has 1 aromatic carbocycles. The van der Waals surface area contributed by atoms with Gasteiger partial charge in [0.15, 0.2) is 0 Å². The molecule has 2 aliphatic rings. The van der Waals surface area contributed by atoms with Crippen molar-refractivity contribution >= 4 is 0 Å². The smallest absolute Gasteiger partial charge is 0.240 e. The molecule has 0 aliphatic carbocycles. The van der Waals surface area contributed by atoms with Gasteiger partial charge in [-0.15, -0.1) is 0 Å². The van der Waals surface area contributed by atoms with E-state index >= 15 is 0 Å². The number of fused-ring (bicyclic) bond motifs is 1. The molecule has 3 heterocycles. The van der Waals surface area contributed by atoms with E-state index in [-0.39, 0.29) is 12.2 Å². The second-order valence-electron chi connectivity index (χ2n) is 6.10. The lowest BCUT2D eigenvalue weighted by atomic mass is 10.1. The summed E-state index contributed by atoms with van der Waals surface area (Å²) in [5, 5.41) is 15.9. The van der Waals surface area contributed by atoms with Gasteiger partial charge < -0.3 is 14.7 Å². The van der Waals surface area contributed by atoms with Crippen molar-refractivity contribution in [2.24, 2.45) is 0 Å². The predicted molar refractivity (Wildman–Crippen MR) is 80.4 cm³/mol. The van der Waals surface area contributed by atoms with Crippen LogP contribution in [0.15, 0.2) is 28.9 Å². The standard InChI is InChI=1S/C16H19N3O4/c1-11-2-4-12(5-3-11)16-13(17-23-19(16)20)8-18-9-14-15(10-18)22-7-6-21-14/h2-5,14-15H,6-10H2,1H3/t14-,15+. The van der Waals surface area contributed by atoms with E-state index < -0.39 is 0 Å². The van der Waals surface area contributed by atoms with E-state index in [0.29, 0.717) is 36.0 Å². The van der Waals surface area contributed by atoms with Crippen LogP contribution < -0.4 is 4.90 Å². The molecule has 2 aliphatic heterocycles. The van der Waals surface area contributed by atoms with Crippen LogP contribution in [0.3, 0.4) is 0 Å². The van der Waals surface area contributed by atoms with Gasteiger partial charge in [-0.25, -0.2) is 0 Å². The van der Waals surface area contributed by atoms with E-state index in [4.69, 9.17) is 14.1 Å². The predicted octanol–water partition coefficient (Wildman–Crippen LogP) is 0.883. The Hall–Kier alpha value is -1.96. The maximum absolute atomic E-state index is 12.0. The van der Waals surface area contributed by atoms with E-state index in [0.717, 1.165) is 24.2 Å². The summed E-state index contributed by atoms with van der Waals surface area (Å²) in [6.45, 7) is 5.41. The second-order valence-corrected chi connectivity index (χ2v) is 6.10. The van der Waals surface area contributed by atoms with Crippen molar-refractivity contribution in [3.63, 3.8) is 0 Å². The third kappa shape index (κ3) is 2.83. The van der Waals surface area contributed by atoms with Gasteiger partial charge in [-0.05, 0) is 11.8 Å². The largest absolute Gasteiger partial charge is 0.372 e. The van der Waals surface area contributed by atoms with Gasteiger partial charge in [0.25, 0.3) is 0 Å². The fraction of sp³-hybridized carbons (Fsp3) is 0.500. The number of benzene rings is 1. The number of likely N-dealkylation sites (tertiary alicyclic amines) is 1. The molecule has 4 rings (SSSR count). The van der Waals surface area contributed by atoms with E-state index in [2.05, 4.69) is 10.1 Å². The molecule has 7 heteroatoms. The molecule has 0 N–H and O–H groups in total. The van der Waals surface area contributed by atoms with Crippen molar-refractivity contribution in [3.8, 4) is 11.3 Å². The first-order valence-corrected chi connectivity index (χ1v) is 7.82. The molecule has 2 fully saturated rings. The molecule has 2 saturated heterocycles. The van der Waals surface area contributed by atoms with E-state index in [1.165, 1.54) is 0 Å². The molecule has 7 nitrogen and oxygen atoms in total. The molecular weight excluding hydrogens is 298 g/mol. The molecule has 2 atom stereocenters. The fourth-order valence-electron chi connectivity index (χ4n) is 3.24. The average Bonchev–Trinajstić information content (AvgIpc) is 3.12. The Balaban J connectivity index is 1.55. The minimum absolute atomic E-state index is 0.109. The topological polar surface area (TPSA) is 74.7 Å². The van der Waals surface area contributed by atoms with Gasteiger partial charge in [-0.1, -0.05) is 29.8 Å². The normalized spacial score (nSPS) is 24.7. The average molecular weight is 317 g/mol. The number of aryl methyl sites for hydroxylation is 1. The maximum atomic E-state index is 12.0. The lowest BCUT2D eigenvalue weighted by Crippen LogP contribution is -2.36. The summed E-state index contributed by atoms with van der Waals surface area (Å²) in [5.41, 5.74) is 3.07. The van der Waals surface area contributed by atoms with Gasteiger partial charge in [0.1, 0.15) is 0 Å². The lowest BCUT2D eigenvalue weighted by molar-refractivity contribution is -0.793. The van der Waals surface area contributed by atoms with Crippen LogP contribution in [0.2, 0.25) is 0 Å². The maximum Gasteiger partial charge on any atom is 0.240 e. The van der Waals surface area contributed by atoms with Gasteiger partial charge in [0, 0.05) is 23.8 Å². The first-order chi connectivity index (χ1) is 11.2. The number of aromatic nitrogens is 2. The Morgan fingerprint density at radius 1 is 1.17 bits per heavy atom. The third-order valence-corrected chi connectivity index (χ3v) is 4.42. The zero-order valence-electron chi connectivity index (χ0n) is 13.0. The van der Waals surface area contributed by atoms with Crippen LogP contribution in [0.1, 0.15) is 11.3 Å². The van der Waals surface area contributed by atoms with Crippen molar-refractivity contribution in [3.05, 3.63) is 40.7 Å². The molecular formula is C16H19N3O4. The highest BCUT2D eigenvalue weighted by molar-refractivity contribution is 5.58. The number of hydrogen-bond acceptors (Lipinski definition) is 6. The van der Waals surface area contributed by atoms with Crippen LogP contribution in [-0.4, -0.2) is 48.6 Å². The van der Waals surface area contributed by atoms with Gasteiger partial charge >= 0.3 is 0 Å². The van der Waals surface area contributed by atoms with Crippen molar-refractivity contribution in [1.29, 1.82) is 0 Å². The van der Waals surface area contributed by atoms with Crippen molar-refractivity contribution in [2.75, 3.05) is 26.3 Å². The van der Waals surface area contributed by atoms with Gasteiger partial charge in [0.05, 0.1) is 32.0 Å². The third-order valence-electron chi connectivity index (χ3n) is 4.42. The van der Waals surface area contributed by atoms with Gasteiger partial charge in [-0.2, -0.15) is 0 Å². The second kappa shape index (κ2) is 5.92. The molecule has 0 bridgehead atoms. The Kier molecular flexibility index (Phi) is 3.76. The Morgan fingerprint density at radius 3 is 2.48 bits per heavy atom. The molecule has 2 aromatic rings. The molecule has 0 amide bonds. The molecule has 0 spiro atoms. The molecule has 0 saturated carbocycles.